The fourth-order valence-electron chi connectivity index (χ4n) is 1.97. The summed E-state index contributed by atoms with van der Waals surface area (Å²) in [4.78, 5) is 0. The first-order valence-corrected chi connectivity index (χ1v) is 6.44. The van der Waals surface area contributed by atoms with E-state index in [1.807, 2.05) is 32.0 Å². The Labute approximate surface area is 117 Å². The SMILES string of the molecule is Cc1ccc(C)c(C(O)c2cc(Cl)cc(Cl)c2)c1. The molecule has 0 amide bonds. The molecule has 2 aromatic carbocycles. The standard InChI is InChI=1S/C15H14Cl2O/c1-9-3-4-10(2)14(5-9)15(18)11-6-12(16)8-13(17)7-11/h3-8,15,18H,1-2H3. The highest BCUT2D eigenvalue weighted by Crippen LogP contribution is 2.29. The van der Waals surface area contributed by atoms with E-state index in [2.05, 4.69) is 0 Å². The zero-order valence-corrected chi connectivity index (χ0v) is 11.8. The molecular weight excluding hydrogens is 267 g/mol. The van der Waals surface area contributed by atoms with Gasteiger partial charge in [0.15, 0.2) is 0 Å². The summed E-state index contributed by atoms with van der Waals surface area (Å²) < 4.78 is 0. The van der Waals surface area contributed by atoms with Crippen LogP contribution in [0.4, 0.5) is 0 Å². The van der Waals surface area contributed by atoms with Gasteiger partial charge >= 0.3 is 0 Å². The maximum atomic E-state index is 10.4. The van der Waals surface area contributed by atoms with Crippen LogP contribution in [0.3, 0.4) is 0 Å². The topological polar surface area (TPSA) is 20.2 Å². The molecule has 0 aromatic heterocycles. The molecule has 0 radical (unpaired) electrons. The van der Waals surface area contributed by atoms with Crippen molar-refractivity contribution in [2.24, 2.45) is 0 Å². The van der Waals surface area contributed by atoms with Crippen LogP contribution in [-0.2, 0) is 0 Å². The van der Waals surface area contributed by atoms with Crippen molar-refractivity contribution in [3.63, 3.8) is 0 Å². The molecule has 0 aliphatic heterocycles. The summed E-state index contributed by atoms with van der Waals surface area (Å²) in [5.41, 5.74) is 3.75. The summed E-state index contributed by atoms with van der Waals surface area (Å²) in [6, 6.07) is 11.1. The third-order valence-electron chi connectivity index (χ3n) is 2.93. The van der Waals surface area contributed by atoms with Gasteiger partial charge in [0.2, 0.25) is 0 Å². The Morgan fingerprint density at radius 2 is 1.56 bits per heavy atom. The third-order valence-corrected chi connectivity index (χ3v) is 3.37. The van der Waals surface area contributed by atoms with Crippen molar-refractivity contribution in [2.75, 3.05) is 0 Å². The number of hydrogen-bond acceptors (Lipinski definition) is 1. The zero-order chi connectivity index (χ0) is 13.3. The van der Waals surface area contributed by atoms with Gasteiger partial charge in [-0.15, -0.1) is 0 Å². The van der Waals surface area contributed by atoms with E-state index >= 15 is 0 Å². The lowest BCUT2D eigenvalue weighted by molar-refractivity contribution is 0.219. The molecule has 2 aromatic rings. The molecule has 94 valence electrons. The van der Waals surface area contributed by atoms with Gasteiger partial charge in [-0.05, 0) is 48.7 Å². The number of aliphatic hydroxyl groups is 1. The highest BCUT2D eigenvalue weighted by Gasteiger charge is 2.14. The molecule has 0 saturated carbocycles. The van der Waals surface area contributed by atoms with Gasteiger partial charge in [-0.2, -0.15) is 0 Å². The smallest absolute Gasteiger partial charge is 0.104 e. The zero-order valence-electron chi connectivity index (χ0n) is 10.2. The minimum atomic E-state index is -0.707. The van der Waals surface area contributed by atoms with Crippen molar-refractivity contribution < 1.29 is 5.11 Å². The lowest BCUT2D eigenvalue weighted by Gasteiger charge is -2.15. The predicted octanol–water partition coefficient (Wildman–Crippen LogP) is 4.69. The van der Waals surface area contributed by atoms with Gasteiger partial charge in [0.05, 0.1) is 0 Å². The van der Waals surface area contributed by atoms with Crippen LogP contribution in [0.2, 0.25) is 10.0 Å². The summed E-state index contributed by atoms with van der Waals surface area (Å²) in [5, 5.41) is 11.5. The van der Waals surface area contributed by atoms with Crippen molar-refractivity contribution in [2.45, 2.75) is 20.0 Å². The molecule has 0 aliphatic rings. The first-order valence-electron chi connectivity index (χ1n) is 5.68. The maximum absolute atomic E-state index is 10.4. The molecular formula is C15H14Cl2O. The summed E-state index contributed by atoms with van der Waals surface area (Å²) in [6.07, 6.45) is -0.707. The fourth-order valence-corrected chi connectivity index (χ4v) is 2.51. The van der Waals surface area contributed by atoms with E-state index in [1.165, 1.54) is 0 Å². The predicted molar refractivity (Wildman–Crippen MR) is 76.4 cm³/mol. The average molecular weight is 281 g/mol. The molecule has 0 heterocycles. The molecule has 2 rings (SSSR count). The second-order valence-electron chi connectivity index (χ2n) is 4.47. The van der Waals surface area contributed by atoms with E-state index in [0.29, 0.717) is 15.6 Å². The van der Waals surface area contributed by atoms with E-state index in [0.717, 1.165) is 16.7 Å². The molecule has 1 unspecified atom stereocenters. The minimum Gasteiger partial charge on any atom is -0.384 e. The maximum Gasteiger partial charge on any atom is 0.104 e. The van der Waals surface area contributed by atoms with Crippen LogP contribution < -0.4 is 0 Å². The quantitative estimate of drug-likeness (QED) is 0.846. The van der Waals surface area contributed by atoms with Crippen molar-refractivity contribution in [3.05, 3.63) is 68.7 Å². The summed E-state index contributed by atoms with van der Waals surface area (Å²) in [6.45, 7) is 3.98. The van der Waals surface area contributed by atoms with Crippen LogP contribution in [0, 0.1) is 13.8 Å². The van der Waals surface area contributed by atoms with Crippen LogP contribution in [-0.4, -0.2) is 5.11 Å². The number of aryl methyl sites for hydroxylation is 2. The Hall–Kier alpha value is -1.02. The normalized spacial score (nSPS) is 12.5. The van der Waals surface area contributed by atoms with Gasteiger partial charge in [-0.1, -0.05) is 47.0 Å². The monoisotopic (exact) mass is 280 g/mol. The largest absolute Gasteiger partial charge is 0.384 e. The minimum absolute atomic E-state index is 0.529. The second-order valence-corrected chi connectivity index (χ2v) is 5.34. The number of rotatable bonds is 2. The lowest BCUT2D eigenvalue weighted by Crippen LogP contribution is -2.02. The first kappa shape index (κ1) is 13.4. The van der Waals surface area contributed by atoms with E-state index in [4.69, 9.17) is 23.2 Å². The van der Waals surface area contributed by atoms with Gasteiger partial charge < -0.3 is 5.11 Å². The number of hydrogen-bond donors (Lipinski definition) is 1. The van der Waals surface area contributed by atoms with Gasteiger partial charge in [-0.25, -0.2) is 0 Å². The summed E-state index contributed by atoms with van der Waals surface area (Å²) in [5.74, 6) is 0. The van der Waals surface area contributed by atoms with Crippen LogP contribution in [0.25, 0.3) is 0 Å². The second kappa shape index (κ2) is 5.31. The summed E-state index contributed by atoms with van der Waals surface area (Å²) >= 11 is 11.9. The Balaban J connectivity index is 2.47. The van der Waals surface area contributed by atoms with E-state index in [1.54, 1.807) is 18.2 Å². The van der Waals surface area contributed by atoms with Crippen LogP contribution in [0.15, 0.2) is 36.4 Å². The molecule has 18 heavy (non-hydrogen) atoms. The van der Waals surface area contributed by atoms with Crippen LogP contribution in [0.5, 0.6) is 0 Å². The number of aliphatic hydroxyl groups excluding tert-OH is 1. The van der Waals surface area contributed by atoms with E-state index < -0.39 is 6.10 Å². The van der Waals surface area contributed by atoms with Crippen molar-refractivity contribution in [3.8, 4) is 0 Å². The van der Waals surface area contributed by atoms with Crippen molar-refractivity contribution >= 4 is 23.2 Å². The van der Waals surface area contributed by atoms with Gasteiger partial charge in [-0.3, -0.25) is 0 Å². The van der Waals surface area contributed by atoms with Gasteiger partial charge in [0, 0.05) is 10.0 Å². The lowest BCUT2D eigenvalue weighted by atomic mass is 9.96. The van der Waals surface area contributed by atoms with E-state index in [9.17, 15) is 5.11 Å². The molecule has 0 saturated heterocycles. The van der Waals surface area contributed by atoms with Crippen molar-refractivity contribution in [1.29, 1.82) is 0 Å². The Bertz CT molecular complexity index is 558. The van der Waals surface area contributed by atoms with Crippen LogP contribution in [0.1, 0.15) is 28.4 Å². The van der Waals surface area contributed by atoms with Crippen molar-refractivity contribution in [1.82, 2.24) is 0 Å². The average Bonchev–Trinajstić information content (AvgIpc) is 2.30. The molecule has 0 fully saturated rings. The molecule has 0 aliphatic carbocycles. The van der Waals surface area contributed by atoms with Crippen LogP contribution >= 0.6 is 23.2 Å². The molecule has 1 nitrogen and oxygen atoms in total. The Morgan fingerprint density at radius 3 is 2.17 bits per heavy atom. The van der Waals surface area contributed by atoms with Gasteiger partial charge in [0.1, 0.15) is 6.10 Å². The third kappa shape index (κ3) is 2.86. The van der Waals surface area contributed by atoms with Gasteiger partial charge in [0.25, 0.3) is 0 Å². The number of benzene rings is 2. The summed E-state index contributed by atoms with van der Waals surface area (Å²) in [7, 11) is 0. The Kier molecular flexibility index (Phi) is 3.96. The Morgan fingerprint density at radius 1 is 0.944 bits per heavy atom. The molecule has 3 heteroatoms. The highest BCUT2D eigenvalue weighted by molar-refractivity contribution is 6.34. The first-order chi connectivity index (χ1) is 8.47. The molecule has 0 bridgehead atoms. The molecule has 1 N–H and O–H groups in total. The highest BCUT2D eigenvalue weighted by atomic mass is 35.5. The van der Waals surface area contributed by atoms with E-state index in [-0.39, 0.29) is 0 Å². The number of halogens is 2. The molecule has 1 atom stereocenters. The fraction of sp³-hybridized carbons (Fsp3) is 0.200. The molecule has 0 spiro atoms.